The molecule has 0 radical (unpaired) electrons. The first-order valence-corrected chi connectivity index (χ1v) is 11.6. The minimum Gasteiger partial charge on any atom is -0.393 e. The Hall–Kier alpha value is -0.460. The highest BCUT2D eigenvalue weighted by atomic mass is 16.8. The molecule has 1 heterocycles. The van der Waals surface area contributed by atoms with Crippen LogP contribution in [0.2, 0.25) is 0 Å². The summed E-state index contributed by atoms with van der Waals surface area (Å²) in [7, 11) is 0. The third-order valence-electron chi connectivity index (χ3n) is 7.73. The molecule has 0 unspecified atom stereocenters. The molecule has 160 valence electrons. The van der Waals surface area contributed by atoms with Crippen LogP contribution in [0.15, 0.2) is 12.2 Å². The second-order valence-electron chi connectivity index (χ2n) is 9.31. The number of aliphatic hydroxyl groups excluding tert-OH is 2. The summed E-state index contributed by atoms with van der Waals surface area (Å²) >= 11 is 0. The Bertz CT molecular complexity index is 537. The average molecular weight is 395 g/mol. The molecule has 1 aliphatic heterocycles. The van der Waals surface area contributed by atoms with Gasteiger partial charge in [-0.25, -0.2) is 0 Å². The molecule has 3 aliphatic carbocycles. The molecule has 0 aromatic carbocycles. The van der Waals surface area contributed by atoms with Crippen molar-refractivity contribution in [3.8, 4) is 0 Å². The molecule has 4 fully saturated rings. The first kappa shape index (κ1) is 20.8. The maximum absolute atomic E-state index is 10.8. The van der Waals surface area contributed by atoms with E-state index in [2.05, 4.69) is 13.0 Å². The summed E-state index contributed by atoms with van der Waals surface area (Å²) in [6, 6.07) is 0. The van der Waals surface area contributed by atoms with Gasteiger partial charge in [-0.3, -0.25) is 0 Å². The Labute approximate surface area is 169 Å². The van der Waals surface area contributed by atoms with Gasteiger partial charge in [0.15, 0.2) is 5.79 Å². The molecule has 5 atom stereocenters. The van der Waals surface area contributed by atoms with Gasteiger partial charge in [-0.1, -0.05) is 44.8 Å². The van der Waals surface area contributed by atoms with Gasteiger partial charge < -0.3 is 24.4 Å². The topological polar surface area (TPSA) is 68.2 Å². The molecular weight excluding hydrogens is 356 g/mol. The van der Waals surface area contributed by atoms with Crippen molar-refractivity contribution in [1.82, 2.24) is 0 Å². The van der Waals surface area contributed by atoms with Gasteiger partial charge in [-0.05, 0) is 38.0 Å². The Morgan fingerprint density at radius 2 is 1.89 bits per heavy atom. The molecule has 1 saturated heterocycles. The second kappa shape index (κ2) is 8.73. The van der Waals surface area contributed by atoms with Crippen LogP contribution in [0.5, 0.6) is 0 Å². The molecule has 2 N–H and O–H groups in total. The number of hydrogen-bond acceptors (Lipinski definition) is 5. The van der Waals surface area contributed by atoms with Crippen LogP contribution in [0, 0.1) is 17.8 Å². The van der Waals surface area contributed by atoms with Crippen molar-refractivity contribution in [3.05, 3.63) is 12.2 Å². The van der Waals surface area contributed by atoms with E-state index in [1.165, 1.54) is 19.3 Å². The zero-order valence-corrected chi connectivity index (χ0v) is 17.4. The molecule has 0 bridgehead atoms. The van der Waals surface area contributed by atoms with Crippen molar-refractivity contribution in [2.24, 2.45) is 17.8 Å². The van der Waals surface area contributed by atoms with Gasteiger partial charge in [-0.2, -0.15) is 0 Å². The van der Waals surface area contributed by atoms with Gasteiger partial charge in [0.2, 0.25) is 0 Å². The minimum atomic E-state index is -0.625. The van der Waals surface area contributed by atoms with Gasteiger partial charge in [0.05, 0.1) is 25.4 Å². The van der Waals surface area contributed by atoms with E-state index in [1.807, 2.05) is 6.08 Å². The number of rotatable bonds is 7. The summed E-state index contributed by atoms with van der Waals surface area (Å²) in [6.45, 7) is 4.11. The Kier molecular flexibility index (Phi) is 6.48. The van der Waals surface area contributed by atoms with Crippen LogP contribution in [0.3, 0.4) is 0 Å². The van der Waals surface area contributed by atoms with Gasteiger partial charge in [0, 0.05) is 24.9 Å². The highest BCUT2D eigenvalue weighted by Crippen LogP contribution is 2.63. The molecule has 0 amide bonds. The Morgan fingerprint density at radius 3 is 2.61 bits per heavy atom. The highest BCUT2D eigenvalue weighted by molar-refractivity contribution is 5.21. The Morgan fingerprint density at radius 1 is 1.14 bits per heavy atom. The zero-order chi connectivity index (χ0) is 19.6. The summed E-state index contributed by atoms with van der Waals surface area (Å²) in [5, 5.41) is 21.4. The zero-order valence-electron chi connectivity index (χ0n) is 17.4. The third-order valence-corrected chi connectivity index (χ3v) is 7.73. The molecule has 4 rings (SSSR count). The fraction of sp³-hybridized carbons (Fsp3) is 0.913. The number of aliphatic hydroxyl groups is 2. The second-order valence-corrected chi connectivity index (χ2v) is 9.31. The van der Waals surface area contributed by atoms with Crippen LogP contribution in [-0.4, -0.2) is 53.6 Å². The summed E-state index contributed by atoms with van der Waals surface area (Å²) in [4.78, 5) is 0. The van der Waals surface area contributed by atoms with E-state index in [0.717, 1.165) is 38.5 Å². The maximum Gasteiger partial charge on any atom is 0.198 e. The minimum absolute atomic E-state index is 0.00737. The molecule has 3 saturated carbocycles. The van der Waals surface area contributed by atoms with Crippen molar-refractivity contribution < 1.29 is 24.4 Å². The predicted molar refractivity (Wildman–Crippen MR) is 107 cm³/mol. The van der Waals surface area contributed by atoms with Crippen LogP contribution in [0.1, 0.15) is 71.1 Å². The first-order chi connectivity index (χ1) is 13.6. The van der Waals surface area contributed by atoms with Crippen LogP contribution in [-0.2, 0) is 14.2 Å². The molecule has 0 aromatic heterocycles. The molecular formula is C23H38O5. The lowest BCUT2D eigenvalue weighted by Gasteiger charge is -2.64. The Balaban J connectivity index is 1.48. The van der Waals surface area contributed by atoms with Crippen molar-refractivity contribution >= 4 is 0 Å². The van der Waals surface area contributed by atoms with E-state index >= 15 is 0 Å². The molecule has 4 aliphatic rings. The molecule has 5 heteroatoms. The lowest BCUT2D eigenvalue weighted by atomic mass is 9.52. The van der Waals surface area contributed by atoms with E-state index < -0.39 is 17.5 Å². The normalized spacial score (nSPS) is 39.2. The quantitative estimate of drug-likeness (QED) is 0.510. The first-order valence-electron chi connectivity index (χ1n) is 11.6. The molecule has 0 aromatic rings. The van der Waals surface area contributed by atoms with Gasteiger partial charge in [0.25, 0.3) is 0 Å². The van der Waals surface area contributed by atoms with Crippen LogP contribution in [0.25, 0.3) is 0 Å². The van der Waals surface area contributed by atoms with E-state index in [9.17, 15) is 10.2 Å². The summed E-state index contributed by atoms with van der Waals surface area (Å²) in [5.74, 6) is -0.0850. The molecule has 1 spiro atoms. The highest BCUT2D eigenvalue weighted by Gasteiger charge is 2.73. The number of unbranched alkanes of at least 4 members (excludes halogenated alkanes) is 1. The largest absolute Gasteiger partial charge is 0.393 e. The van der Waals surface area contributed by atoms with Gasteiger partial charge in [-0.15, -0.1) is 0 Å². The van der Waals surface area contributed by atoms with Crippen LogP contribution < -0.4 is 0 Å². The van der Waals surface area contributed by atoms with Crippen molar-refractivity contribution in [2.75, 3.05) is 19.8 Å². The lowest BCUT2D eigenvalue weighted by molar-refractivity contribution is -0.388. The number of hydrogen-bond donors (Lipinski definition) is 2. The van der Waals surface area contributed by atoms with Crippen molar-refractivity contribution in [1.29, 1.82) is 0 Å². The lowest BCUT2D eigenvalue weighted by Crippen LogP contribution is -2.75. The summed E-state index contributed by atoms with van der Waals surface area (Å²) in [6.07, 6.45) is 13.5. The summed E-state index contributed by atoms with van der Waals surface area (Å²) in [5.41, 5.74) is -0.456. The third kappa shape index (κ3) is 3.58. The maximum atomic E-state index is 10.8. The standard InChI is InChI=1S/C23H38O5/c1-2-3-13-26-22-12-11-21(25)18(19(22)16-23(22)27-14-15-28-23)9-10-20(24)17-7-5-4-6-8-17/h9-10,17-21,24-25H,2-8,11-16H2,1H3/b10-9+/t18-,19-,20+,21-,22-/m0/s1. The fourth-order valence-corrected chi connectivity index (χ4v) is 6.07. The van der Waals surface area contributed by atoms with E-state index in [1.54, 1.807) is 0 Å². The van der Waals surface area contributed by atoms with Crippen LogP contribution >= 0.6 is 0 Å². The average Bonchev–Trinajstić information content (AvgIpc) is 3.22. The molecule has 28 heavy (non-hydrogen) atoms. The van der Waals surface area contributed by atoms with Gasteiger partial charge >= 0.3 is 0 Å². The van der Waals surface area contributed by atoms with Crippen molar-refractivity contribution in [3.63, 3.8) is 0 Å². The smallest absolute Gasteiger partial charge is 0.198 e. The monoisotopic (exact) mass is 394 g/mol. The van der Waals surface area contributed by atoms with Crippen LogP contribution in [0.4, 0.5) is 0 Å². The van der Waals surface area contributed by atoms with Gasteiger partial charge in [0.1, 0.15) is 5.60 Å². The summed E-state index contributed by atoms with van der Waals surface area (Å²) < 4.78 is 18.7. The molecule has 5 nitrogen and oxygen atoms in total. The van der Waals surface area contributed by atoms with Crippen molar-refractivity contribution in [2.45, 2.75) is 94.7 Å². The van der Waals surface area contributed by atoms with E-state index in [0.29, 0.717) is 32.2 Å². The van der Waals surface area contributed by atoms with E-state index in [4.69, 9.17) is 14.2 Å². The van der Waals surface area contributed by atoms with E-state index in [-0.39, 0.29) is 17.9 Å². The number of fused-ring (bicyclic) bond motifs is 2. The SMILES string of the molecule is CCCCO[C@@]12CC[C@H](O)[C@@H](/C=C/[C@@H](O)C3CCCCC3)[C@@H]1CC21OCCO1. The fourth-order valence-electron chi connectivity index (χ4n) is 6.07. The predicted octanol–water partition coefficient (Wildman–Crippen LogP) is 3.57. The number of ether oxygens (including phenoxy) is 3.